The summed E-state index contributed by atoms with van der Waals surface area (Å²) in [5.74, 6) is 0.155. The van der Waals surface area contributed by atoms with Crippen LogP contribution in [0.25, 0.3) is 11.0 Å². The van der Waals surface area contributed by atoms with Gasteiger partial charge in [-0.3, -0.25) is 0 Å². The molecule has 1 aromatic carbocycles. The van der Waals surface area contributed by atoms with Crippen molar-refractivity contribution in [1.29, 1.82) is 0 Å². The Balaban J connectivity index is 1.86. The number of aliphatic hydroxyl groups excluding tert-OH is 6. The molecule has 0 bridgehead atoms. The Bertz CT molecular complexity index is 985. The molecule has 1 aliphatic heterocycles. The average Bonchev–Trinajstić information content (AvgIpc) is 2.77. The summed E-state index contributed by atoms with van der Waals surface area (Å²) >= 11 is 0. The molecule has 0 unspecified atom stereocenters. The predicted octanol–water partition coefficient (Wildman–Crippen LogP) is -1.21. The average molecular weight is 456 g/mol. The predicted molar refractivity (Wildman–Crippen MR) is 109 cm³/mol. The molecule has 0 aliphatic carbocycles. The monoisotopic (exact) mass is 456 g/mol. The van der Waals surface area contributed by atoms with E-state index in [2.05, 4.69) is 0 Å². The molecular formula is C21H28O11. The van der Waals surface area contributed by atoms with Gasteiger partial charge < -0.3 is 49.3 Å². The van der Waals surface area contributed by atoms with Crippen LogP contribution in [-0.2, 0) is 9.47 Å². The first-order chi connectivity index (χ1) is 15.0. The van der Waals surface area contributed by atoms with Crippen molar-refractivity contribution >= 4 is 11.0 Å². The number of benzene rings is 1. The summed E-state index contributed by atoms with van der Waals surface area (Å²) < 4.78 is 21.4. The van der Waals surface area contributed by atoms with Crippen molar-refractivity contribution in [2.75, 3.05) is 13.7 Å². The maximum absolute atomic E-state index is 11.5. The second-order valence-corrected chi connectivity index (χ2v) is 8.19. The molecule has 0 amide bonds. The third kappa shape index (κ3) is 4.65. The lowest BCUT2D eigenvalue weighted by Gasteiger charge is -2.44. The van der Waals surface area contributed by atoms with Gasteiger partial charge in [0, 0.05) is 23.1 Å². The van der Waals surface area contributed by atoms with E-state index in [9.17, 15) is 35.4 Å². The van der Waals surface area contributed by atoms with Gasteiger partial charge in [-0.1, -0.05) is 0 Å². The molecule has 1 fully saturated rings. The maximum Gasteiger partial charge on any atom is 0.336 e. The second-order valence-electron chi connectivity index (χ2n) is 8.19. The smallest absolute Gasteiger partial charge is 0.336 e. The van der Waals surface area contributed by atoms with Crippen LogP contribution in [0.5, 0.6) is 5.75 Å². The zero-order valence-electron chi connectivity index (χ0n) is 17.8. The van der Waals surface area contributed by atoms with Crippen LogP contribution >= 0.6 is 0 Å². The van der Waals surface area contributed by atoms with Gasteiger partial charge in [0.2, 0.25) is 0 Å². The zero-order valence-corrected chi connectivity index (χ0v) is 17.8. The highest BCUT2D eigenvalue weighted by atomic mass is 16.7. The molecule has 2 heterocycles. The third-order valence-corrected chi connectivity index (χ3v) is 5.57. The molecule has 11 nitrogen and oxygen atoms in total. The van der Waals surface area contributed by atoms with Crippen molar-refractivity contribution in [3.8, 4) is 5.75 Å². The second kappa shape index (κ2) is 9.41. The standard InChI is InChI=1S/C21H28O11/c1-21(2,32-20-18(27)17(26)16(25)13(8-22)31-20)19(28)15(24)10-6-9-4-5-14(23)30-11(9)7-12(10)29-3/h4-7,13,15-20,22,24-28H,8H2,1-3H3/t13-,15+,16-,17+,18-,19-,20-/m1/s1. The van der Waals surface area contributed by atoms with Crippen molar-refractivity contribution in [2.45, 2.75) is 62.4 Å². The normalized spacial score (nSPS) is 28.5. The van der Waals surface area contributed by atoms with Crippen LogP contribution in [-0.4, -0.2) is 86.8 Å². The van der Waals surface area contributed by atoms with E-state index in [1.54, 1.807) is 0 Å². The first kappa shape index (κ1) is 24.6. The molecule has 11 heteroatoms. The van der Waals surface area contributed by atoms with E-state index < -0.39 is 60.7 Å². The summed E-state index contributed by atoms with van der Waals surface area (Å²) in [6.45, 7) is 2.21. The summed E-state index contributed by atoms with van der Waals surface area (Å²) in [7, 11) is 1.35. The summed E-state index contributed by atoms with van der Waals surface area (Å²) in [6.07, 6.45) is -10.7. The van der Waals surface area contributed by atoms with Gasteiger partial charge in [-0.15, -0.1) is 0 Å². The minimum atomic E-state index is -1.67. The number of hydrogen-bond donors (Lipinski definition) is 6. The lowest BCUT2D eigenvalue weighted by molar-refractivity contribution is -0.334. The minimum absolute atomic E-state index is 0.155. The molecule has 6 N–H and O–H groups in total. The molecule has 1 aliphatic rings. The fourth-order valence-corrected chi connectivity index (χ4v) is 3.61. The molecule has 32 heavy (non-hydrogen) atoms. The molecule has 3 rings (SSSR count). The van der Waals surface area contributed by atoms with Gasteiger partial charge in [0.1, 0.15) is 48.0 Å². The molecule has 0 radical (unpaired) electrons. The molecule has 1 saturated heterocycles. The Morgan fingerprint density at radius 1 is 1.09 bits per heavy atom. The molecule has 0 spiro atoms. The molecule has 7 atom stereocenters. The van der Waals surface area contributed by atoms with Crippen LogP contribution in [0.2, 0.25) is 0 Å². The molecular weight excluding hydrogens is 428 g/mol. The molecule has 2 aromatic rings. The van der Waals surface area contributed by atoms with Gasteiger partial charge in [0.15, 0.2) is 6.29 Å². The topological polar surface area (TPSA) is 179 Å². The summed E-state index contributed by atoms with van der Waals surface area (Å²) in [6, 6.07) is 5.62. The SMILES string of the molecule is COc1cc2oc(=O)ccc2cc1[C@H](O)[C@@H](O)C(C)(C)O[C@H]1O[C@H](CO)[C@@H](O)[C@H](O)[C@H]1O. The Morgan fingerprint density at radius 2 is 1.78 bits per heavy atom. The molecule has 178 valence electrons. The summed E-state index contributed by atoms with van der Waals surface area (Å²) in [5, 5.41) is 61.7. The Morgan fingerprint density at radius 3 is 2.41 bits per heavy atom. The number of rotatable bonds is 7. The minimum Gasteiger partial charge on any atom is -0.496 e. The summed E-state index contributed by atoms with van der Waals surface area (Å²) in [4.78, 5) is 11.5. The van der Waals surface area contributed by atoms with Gasteiger partial charge in [0.05, 0.1) is 19.3 Å². The number of aliphatic hydroxyl groups is 6. The van der Waals surface area contributed by atoms with E-state index in [0.29, 0.717) is 5.39 Å². The van der Waals surface area contributed by atoms with Gasteiger partial charge >= 0.3 is 5.63 Å². The van der Waals surface area contributed by atoms with E-state index in [1.807, 2.05) is 0 Å². The van der Waals surface area contributed by atoms with Gasteiger partial charge in [-0.05, 0) is 26.0 Å². The van der Waals surface area contributed by atoms with Crippen LogP contribution in [0.1, 0.15) is 25.5 Å². The third-order valence-electron chi connectivity index (χ3n) is 5.57. The van der Waals surface area contributed by atoms with Crippen molar-refractivity contribution < 1.29 is 49.3 Å². The van der Waals surface area contributed by atoms with E-state index in [1.165, 1.54) is 45.2 Å². The zero-order chi connectivity index (χ0) is 23.8. The fourth-order valence-electron chi connectivity index (χ4n) is 3.61. The lowest BCUT2D eigenvalue weighted by atomic mass is 9.90. The van der Waals surface area contributed by atoms with Crippen LogP contribution in [0.3, 0.4) is 0 Å². The Hall–Kier alpha value is -2.09. The van der Waals surface area contributed by atoms with E-state index >= 15 is 0 Å². The lowest BCUT2D eigenvalue weighted by Crippen LogP contribution is -2.61. The van der Waals surface area contributed by atoms with Gasteiger partial charge in [0.25, 0.3) is 0 Å². The highest BCUT2D eigenvalue weighted by Crippen LogP contribution is 2.36. The van der Waals surface area contributed by atoms with Crippen LogP contribution < -0.4 is 10.4 Å². The molecule has 0 saturated carbocycles. The number of hydrogen-bond acceptors (Lipinski definition) is 11. The van der Waals surface area contributed by atoms with Crippen molar-refractivity contribution in [3.63, 3.8) is 0 Å². The van der Waals surface area contributed by atoms with Crippen LogP contribution in [0, 0.1) is 0 Å². The number of ether oxygens (including phenoxy) is 3. The first-order valence-corrected chi connectivity index (χ1v) is 9.96. The Kier molecular flexibility index (Phi) is 7.22. The van der Waals surface area contributed by atoms with E-state index in [4.69, 9.17) is 18.6 Å². The number of fused-ring (bicyclic) bond motifs is 1. The van der Waals surface area contributed by atoms with Crippen molar-refractivity contribution in [1.82, 2.24) is 0 Å². The van der Waals surface area contributed by atoms with Crippen molar-refractivity contribution in [3.05, 3.63) is 40.2 Å². The first-order valence-electron chi connectivity index (χ1n) is 9.96. The Labute approximate surface area is 183 Å². The highest BCUT2D eigenvalue weighted by Gasteiger charge is 2.48. The van der Waals surface area contributed by atoms with E-state index in [0.717, 1.165) is 0 Å². The fraction of sp³-hybridized carbons (Fsp3) is 0.571. The summed E-state index contributed by atoms with van der Waals surface area (Å²) in [5.41, 5.74) is -1.68. The quantitative estimate of drug-likeness (QED) is 0.275. The largest absolute Gasteiger partial charge is 0.496 e. The van der Waals surface area contributed by atoms with Crippen LogP contribution in [0.4, 0.5) is 0 Å². The van der Waals surface area contributed by atoms with Crippen LogP contribution in [0.15, 0.2) is 33.5 Å². The van der Waals surface area contributed by atoms with Gasteiger partial charge in [-0.25, -0.2) is 4.79 Å². The maximum atomic E-state index is 11.5. The highest BCUT2D eigenvalue weighted by molar-refractivity contribution is 5.79. The number of methoxy groups -OCH3 is 1. The van der Waals surface area contributed by atoms with Crippen molar-refractivity contribution in [2.24, 2.45) is 0 Å². The van der Waals surface area contributed by atoms with E-state index in [-0.39, 0.29) is 16.9 Å². The van der Waals surface area contributed by atoms with Gasteiger partial charge in [-0.2, -0.15) is 0 Å². The molecule has 1 aromatic heterocycles.